The van der Waals surface area contributed by atoms with Gasteiger partial charge in [-0.3, -0.25) is 4.79 Å². The fraction of sp³-hybridized carbons (Fsp3) is 0.435. The van der Waals surface area contributed by atoms with E-state index in [-0.39, 0.29) is 24.4 Å². The summed E-state index contributed by atoms with van der Waals surface area (Å²) in [5.41, 5.74) is 4.11. The second-order valence-corrected chi connectivity index (χ2v) is 8.27. The van der Waals surface area contributed by atoms with Crippen LogP contribution in [0.15, 0.2) is 30.6 Å². The quantitative estimate of drug-likeness (QED) is 0.531. The Balaban J connectivity index is 0.00000272. The van der Waals surface area contributed by atoms with Crippen molar-refractivity contribution < 1.29 is 9.53 Å². The number of rotatable bonds is 5. The van der Waals surface area contributed by atoms with Crippen LogP contribution in [-0.2, 0) is 6.42 Å². The Kier molecular flexibility index (Phi) is 7.44. The van der Waals surface area contributed by atoms with Crippen molar-refractivity contribution in [3.05, 3.63) is 58.3 Å². The van der Waals surface area contributed by atoms with Crippen molar-refractivity contribution in [1.82, 2.24) is 19.3 Å². The van der Waals surface area contributed by atoms with Gasteiger partial charge in [0.2, 0.25) is 0 Å². The maximum atomic E-state index is 13.5. The van der Waals surface area contributed by atoms with E-state index in [9.17, 15) is 4.79 Å². The molecule has 0 bridgehead atoms. The van der Waals surface area contributed by atoms with E-state index < -0.39 is 0 Å². The minimum atomic E-state index is -0.117. The molecule has 6 nitrogen and oxygen atoms in total. The first-order chi connectivity index (χ1) is 14.5. The van der Waals surface area contributed by atoms with Gasteiger partial charge in [-0.2, -0.15) is 0 Å². The lowest BCUT2D eigenvalue weighted by molar-refractivity contribution is 0.0601. The molecule has 0 spiro atoms. The molecule has 4 rings (SSSR count). The van der Waals surface area contributed by atoms with Gasteiger partial charge in [-0.15, -0.1) is 12.4 Å². The summed E-state index contributed by atoms with van der Waals surface area (Å²) >= 11 is 6.37. The Morgan fingerprint density at radius 3 is 2.84 bits per heavy atom. The van der Waals surface area contributed by atoms with Crippen molar-refractivity contribution in [2.24, 2.45) is 0 Å². The molecule has 1 aliphatic heterocycles. The largest absolute Gasteiger partial charge is 0.490 e. The number of aryl methyl sites for hydroxylation is 2. The molecular formula is C23H28Cl2N4O2. The summed E-state index contributed by atoms with van der Waals surface area (Å²) in [5, 5.41) is 0.428. The van der Waals surface area contributed by atoms with Crippen LogP contribution in [-0.4, -0.2) is 44.4 Å². The third-order valence-electron chi connectivity index (χ3n) is 5.61. The average Bonchev–Trinajstić information content (AvgIpc) is 3.14. The highest BCUT2D eigenvalue weighted by Crippen LogP contribution is 2.31. The summed E-state index contributed by atoms with van der Waals surface area (Å²) in [5.74, 6) is 0.260. The number of halogens is 2. The standard InChI is InChI=1S/C23H27ClN4O2.ClH/c1-4-30-21-19(24)12-16(3)25-20(21)23(29)28-11-6-5-9-18(28)13-17-14-27-10-7-8-15(2)22(27)26-17;/h7-8,10,12,14,18H,4-6,9,11,13H2,1-3H3;1H/t18-;/m0./s1. The Bertz CT molecular complexity index is 1080. The summed E-state index contributed by atoms with van der Waals surface area (Å²) in [4.78, 5) is 24.8. The molecule has 1 fully saturated rings. The molecule has 3 aromatic heterocycles. The van der Waals surface area contributed by atoms with Gasteiger partial charge in [0, 0.05) is 37.1 Å². The maximum absolute atomic E-state index is 13.5. The average molecular weight is 463 g/mol. The lowest BCUT2D eigenvalue weighted by Crippen LogP contribution is -2.45. The van der Waals surface area contributed by atoms with Gasteiger partial charge < -0.3 is 14.0 Å². The summed E-state index contributed by atoms with van der Waals surface area (Å²) in [7, 11) is 0. The molecule has 1 amide bonds. The summed E-state index contributed by atoms with van der Waals surface area (Å²) in [6, 6.07) is 5.89. The predicted molar refractivity (Wildman–Crippen MR) is 125 cm³/mol. The van der Waals surface area contributed by atoms with Crippen LogP contribution in [0.4, 0.5) is 0 Å². The number of carbonyl (C=O) groups excluding carboxylic acids is 1. The lowest BCUT2D eigenvalue weighted by Gasteiger charge is -2.35. The third kappa shape index (κ3) is 4.80. The molecule has 0 unspecified atom stereocenters. The monoisotopic (exact) mass is 462 g/mol. The molecule has 0 saturated carbocycles. The number of carbonyl (C=O) groups is 1. The van der Waals surface area contributed by atoms with E-state index in [1.54, 1.807) is 6.07 Å². The number of pyridine rings is 2. The van der Waals surface area contributed by atoms with E-state index in [0.717, 1.165) is 42.6 Å². The Hall–Kier alpha value is -2.31. The molecule has 31 heavy (non-hydrogen) atoms. The third-order valence-corrected chi connectivity index (χ3v) is 5.89. The zero-order valence-corrected chi connectivity index (χ0v) is 19.7. The van der Waals surface area contributed by atoms with Crippen LogP contribution in [0.3, 0.4) is 0 Å². The summed E-state index contributed by atoms with van der Waals surface area (Å²) in [6.07, 6.45) is 7.82. The Morgan fingerprint density at radius 1 is 1.29 bits per heavy atom. The van der Waals surface area contributed by atoms with Gasteiger partial charge in [-0.05, 0) is 57.7 Å². The highest BCUT2D eigenvalue weighted by atomic mass is 35.5. The molecule has 1 aliphatic rings. The van der Waals surface area contributed by atoms with Gasteiger partial charge in [0.25, 0.3) is 5.91 Å². The van der Waals surface area contributed by atoms with Gasteiger partial charge in [-0.25, -0.2) is 9.97 Å². The van der Waals surface area contributed by atoms with Crippen molar-refractivity contribution in [3.8, 4) is 5.75 Å². The smallest absolute Gasteiger partial charge is 0.276 e. The number of nitrogens with zero attached hydrogens (tertiary/aromatic N) is 4. The first-order valence-electron chi connectivity index (χ1n) is 10.5. The van der Waals surface area contributed by atoms with Gasteiger partial charge in [-0.1, -0.05) is 17.7 Å². The van der Waals surface area contributed by atoms with Crippen molar-refractivity contribution >= 4 is 35.6 Å². The second-order valence-electron chi connectivity index (χ2n) is 7.86. The van der Waals surface area contributed by atoms with E-state index in [4.69, 9.17) is 21.3 Å². The van der Waals surface area contributed by atoms with Crippen LogP contribution in [0.5, 0.6) is 5.75 Å². The molecule has 0 N–H and O–H groups in total. The maximum Gasteiger partial charge on any atom is 0.276 e. The van der Waals surface area contributed by atoms with E-state index in [0.29, 0.717) is 35.3 Å². The molecule has 0 aromatic carbocycles. The Morgan fingerprint density at radius 2 is 2.10 bits per heavy atom. The van der Waals surface area contributed by atoms with Crippen LogP contribution in [0.2, 0.25) is 5.02 Å². The summed E-state index contributed by atoms with van der Waals surface area (Å²) in [6.45, 7) is 6.90. The van der Waals surface area contributed by atoms with Crippen LogP contribution in [0.1, 0.15) is 53.6 Å². The highest BCUT2D eigenvalue weighted by Gasteiger charge is 2.31. The minimum Gasteiger partial charge on any atom is -0.490 e. The van der Waals surface area contributed by atoms with Crippen molar-refractivity contribution in [1.29, 1.82) is 0 Å². The number of likely N-dealkylation sites (tertiary alicyclic amines) is 1. The molecular weight excluding hydrogens is 435 g/mol. The summed E-state index contributed by atoms with van der Waals surface area (Å²) < 4.78 is 7.73. The molecule has 1 atom stereocenters. The minimum absolute atomic E-state index is 0. The molecule has 4 heterocycles. The Labute approximate surface area is 194 Å². The van der Waals surface area contributed by atoms with Crippen LogP contribution in [0, 0.1) is 13.8 Å². The lowest BCUT2D eigenvalue weighted by atomic mass is 9.97. The molecule has 3 aromatic rings. The molecule has 8 heteroatoms. The fourth-order valence-corrected chi connectivity index (χ4v) is 4.51. The van der Waals surface area contributed by atoms with E-state index in [2.05, 4.69) is 28.6 Å². The van der Waals surface area contributed by atoms with Gasteiger partial charge >= 0.3 is 0 Å². The molecule has 166 valence electrons. The SMILES string of the molecule is CCOc1c(Cl)cc(C)nc1C(=O)N1CCCC[C@H]1Cc1cn2cccc(C)c2n1.Cl. The van der Waals surface area contributed by atoms with Crippen molar-refractivity contribution in [2.75, 3.05) is 13.2 Å². The highest BCUT2D eigenvalue weighted by molar-refractivity contribution is 6.32. The van der Waals surface area contributed by atoms with E-state index in [1.807, 2.05) is 31.0 Å². The van der Waals surface area contributed by atoms with Gasteiger partial charge in [0.05, 0.1) is 17.3 Å². The van der Waals surface area contributed by atoms with E-state index in [1.165, 1.54) is 0 Å². The number of imidazole rings is 1. The number of aromatic nitrogens is 3. The molecule has 0 radical (unpaired) electrons. The number of hydrogen-bond donors (Lipinski definition) is 0. The normalized spacial score (nSPS) is 16.3. The van der Waals surface area contributed by atoms with Crippen molar-refractivity contribution in [3.63, 3.8) is 0 Å². The van der Waals surface area contributed by atoms with Crippen LogP contribution < -0.4 is 4.74 Å². The van der Waals surface area contributed by atoms with Crippen LogP contribution >= 0.6 is 24.0 Å². The predicted octanol–water partition coefficient (Wildman–Crippen LogP) is 5.06. The topological polar surface area (TPSA) is 59.7 Å². The zero-order valence-electron chi connectivity index (χ0n) is 18.1. The van der Waals surface area contributed by atoms with Crippen LogP contribution in [0.25, 0.3) is 5.65 Å². The molecule has 1 saturated heterocycles. The van der Waals surface area contributed by atoms with Gasteiger partial charge in [0.15, 0.2) is 11.4 Å². The van der Waals surface area contributed by atoms with Crippen molar-refractivity contribution in [2.45, 2.75) is 52.5 Å². The number of piperidine rings is 1. The zero-order chi connectivity index (χ0) is 21.3. The first kappa shape index (κ1) is 23.4. The number of amides is 1. The number of ether oxygens (including phenoxy) is 1. The first-order valence-corrected chi connectivity index (χ1v) is 10.9. The second kappa shape index (κ2) is 9.88. The number of hydrogen-bond acceptors (Lipinski definition) is 4. The number of fused-ring (bicyclic) bond motifs is 1. The van der Waals surface area contributed by atoms with Gasteiger partial charge in [0.1, 0.15) is 5.65 Å². The van der Waals surface area contributed by atoms with E-state index >= 15 is 0 Å². The molecule has 0 aliphatic carbocycles. The fourth-order valence-electron chi connectivity index (χ4n) is 4.21.